The summed E-state index contributed by atoms with van der Waals surface area (Å²) in [4.78, 5) is 0. The third kappa shape index (κ3) is 2.38. The standard InChI is InChI=1S/C17H12Cl2FN3/c18-10-5-6-13(19)12(9-10)16-11-7-8-21-17(11)23(22-16)15-4-2-1-3-14(15)20/h1-6,9,21H,7-8H2. The number of fused-ring (bicyclic) bond motifs is 1. The van der Waals surface area contributed by atoms with Crippen LogP contribution < -0.4 is 5.32 Å². The molecule has 0 fully saturated rings. The van der Waals surface area contributed by atoms with Gasteiger partial charge in [-0.25, -0.2) is 9.07 Å². The van der Waals surface area contributed by atoms with Crippen LogP contribution >= 0.6 is 23.2 Å². The molecule has 4 rings (SSSR count). The number of hydrogen-bond donors (Lipinski definition) is 1. The maximum Gasteiger partial charge on any atom is 0.148 e. The van der Waals surface area contributed by atoms with Crippen molar-refractivity contribution in [2.24, 2.45) is 0 Å². The molecule has 0 bridgehead atoms. The van der Waals surface area contributed by atoms with Gasteiger partial charge in [0.15, 0.2) is 0 Å². The van der Waals surface area contributed by atoms with Gasteiger partial charge in [-0.2, -0.15) is 5.10 Å². The Hall–Kier alpha value is -2.04. The first-order valence-corrected chi connectivity index (χ1v) is 7.97. The number of rotatable bonds is 2. The first-order valence-electron chi connectivity index (χ1n) is 7.21. The number of nitrogens with zero attached hydrogens (tertiary/aromatic N) is 2. The summed E-state index contributed by atoms with van der Waals surface area (Å²) in [5.74, 6) is 0.483. The highest BCUT2D eigenvalue weighted by Crippen LogP contribution is 2.38. The number of benzene rings is 2. The van der Waals surface area contributed by atoms with E-state index in [1.165, 1.54) is 6.07 Å². The van der Waals surface area contributed by atoms with E-state index in [1.54, 1.807) is 41.1 Å². The summed E-state index contributed by atoms with van der Waals surface area (Å²) in [6.07, 6.45) is 0.808. The summed E-state index contributed by atoms with van der Waals surface area (Å²) in [5.41, 5.74) is 2.93. The molecule has 0 saturated carbocycles. The molecule has 1 aliphatic heterocycles. The average Bonchev–Trinajstić information content (AvgIpc) is 3.13. The Bertz CT molecular complexity index is 905. The van der Waals surface area contributed by atoms with Crippen molar-refractivity contribution >= 4 is 29.0 Å². The fraction of sp³-hybridized carbons (Fsp3) is 0.118. The second-order valence-corrected chi connectivity index (χ2v) is 6.18. The molecule has 0 atom stereocenters. The molecule has 116 valence electrons. The van der Waals surface area contributed by atoms with Gasteiger partial charge in [0, 0.05) is 22.7 Å². The summed E-state index contributed by atoms with van der Waals surface area (Å²) >= 11 is 12.4. The van der Waals surface area contributed by atoms with Crippen LogP contribution in [0.1, 0.15) is 5.56 Å². The van der Waals surface area contributed by atoms with Gasteiger partial charge < -0.3 is 5.32 Å². The van der Waals surface area contributed by atoms with Gasteiger partial charge in [0.25, 0.3) is 0 Å². The highest BCUT2D eigenvalue weighted by Gasteiger charge is 2.26. The van der Waals surface area contributed by atoms with Gasteiger partial charge in [0.05, 0.1) is 10.7 Å². The molecule has 2 heterocycles. The number of halogens is 3. The molecule has 1 aromatic heterocycles. The van der Waals surface area contributed by atoms with Crippen LogP contribution in [-0.4, -0.2) is 16.3 Å². The molecule has 0 amide bonds. The molecule has 0 saturated heterocycles. The first kappa shape index (κ1) is 14.5. The summed E-state index contributed by atoms with van der Waals surface area (Å²) in [6.45, 7) is 0.785. The van der Waals surface area contributed by atoms with E-state index in [2.05, 4.69) is 10.4 Å². The predicted octanol–water partition coefficient (Wildman–Crippen LogP) is 4.95. The number of anilines is 1. The lowest BCUT2D eigenvalue weighted by molar-refractivity contribution is 0.612. The smallest absolute Gasteiger partial charge is 0.148 e. The number of para-hydroxylation sites is 1. The van der Waals surface area contributed by atoms with Gasteiger partial charge in [-0.3, -0.25) is 0 Å². The van der Waals surface area contributed by atoms with Gasteiger partial charge >= 0.3 is 0 Å². The minimum absolute atomic E-state index is 0.324. The number of hydrogen-bond acceptors (Lipinski definition) is 2. The Balaban J connectivity index is 1.96. The zero-order valence-electron chi connectivity index (χ0n) is 12.0. The molecule has 0 aliphatic carbocycles. The van der Waals surface area contributed by atoms with Gasteiger partial charge in [0.2, 0.25) is 0 Å². The van der Waals surface area contributed by atoms with Gasteiger partial charge in [-0.1, -0.05) is 35.3 Å². The lowest BCUT2D eigenvalue weighted by Crippen LogP contribution is -2.05. The van der Waals surface area contributed by atoms with Crippen LogP contribution in [0, 0.1) is 5.82 Å². The molecule has 0 spiro atoms. The normalized spacial score (nSPS) is 13.0. The fourth-order valence-corrected chi connectivity index (χ4v) is 3.25. The Morgan fingerprint density at radius 3 is 2.78 bits per heavy atom. The summed E-state index contributed by atoms with van der Waals surface area (Å²) in [5, 5.41) is 9.04. The maximum absolute atomic E-state index is 14.2. The monoisotopic (exact) mass is 347 g/mol. The van der Waals surface area contributed by atoms with Crippen molar-refractivity contribution in [3.63, 3.8) is 0 Å². The summed E-state index contributed by atoms with van der Waals surface area (Å²) in [6, 6.07) is 11.8. The topological polar surface area (TPSA) is 29.9 Å². The second kappa shape index (κ2) is 5.55. The molecule has 3 aromatic rings. The van der Waals surface area contributed by atoms with E-state index < -0.39 is 0 Å². The Kier molecular flexibility index (Phi) is 3.51. The van der Waals surface area contributed by atoms with Crippen LogP contribution in [-0.2, 0) is 6.42 Å². The molecule has 1 N–H and O–H groups in total. The van der Waals surface area contributed by atoms with Crippen molar-refractivity contribution in [2.75, 3.05) is 11.9 Å². The SMILES string of the molecule is Fc1ccccc1-n1nc(-c2cc(Cl)ccc2Cl)c2c1NCC2. The number of aromatic nitrogens is 2. The van der Waals surface area contributed by atoms with Crippen LogP contribution in [0.25, 0.3) is 16.9 Å². The summed E-state index contributed by atoms with van der Waals surface area (Å²) < 4.78 is 15.8. The van der Waals surface area contributed by atoms with Crippen molar-refractivity contribution < 1.29 is 4.39 Å². The maximum atomic E-state index is 14.2. The predicted molar refractivity (Wildman–Crippen MR) is 91.2 cm³/mol. The molecular formula is C17H12Cl2FN3. The van der Waals surface area contributed by atoms with Crippen LogP contribution in [0.5, 0.6) is 0 Å². The van der Waals surface area contributed by atoms with E-state index in [0.29, 0.717) is 15.7 Å². The van der Waals surface area contributed by atoms with Gasteiger partial charge in [0.1, 0.15) is 17.3 Å². The van der Waals surface area contributed by atoms with Crippen molar-refractivity contribution in [1.29, 1.82) is 0 Å². The van der Waals surface area contributed by atoms with Crippen LogP contribution in [0.2, 0.25) is 10.0 Å². The van der Waals surface area contributed by atoms with Crippen LogP contribution in [0.15, 0.2) is 42.5 Å². The largest absolute Gasteiger partial charge is 0.369 e. The molecule has 0 radical (unpaired) electrons. The molecule has 0 unspecified atom stereocenters. The molecule has 6 heteroatoms. The van der Waals surface area contributed by atoms with Crippen molar-refractivity contribution in [3.8, 4) is 16.9 Å². The van der Waals surface area contributed by atoms with E-state index in [1.807, 2.05) is 0 Å². The first-order chi connectivity index (χ1) is 11.1. The van der Waals surface area contributed by atoms with Crippen LogP contribution in [0.3, 0.4) is 0 Å². The van der Waals surface area contributed by atoms with Crippen LogP contribution in [0.4, 0.5) is 10.2 Å². The lowest BCUT2D eigenvalue weighted by Gasteiger charge is -2.07. The highest BCUT2D eigenvalue weighted by atomic mass is 35.5. The van der Waals surface area contributed by atoms with E-state index in [4.69, 9.17) is 23.2 Å². The summed E-state index contributed by atoms with van der Waals surface area (Å²) in [7, 11) is 0. The molecule has 23 heavy (non-hydrogen) atoms. The van der Waals surface area contributed by atoms with Crippen molar-refractivity contribution in [2.45, 2.75) is 6.42 Å². The minimum atomic E-state index is -0.324. The molecule has 1 aliphatic rings. The number of nitrogens with one attached hydrogen (secondary N) is 1. The Morgan fingerprint density at radius 1 is 1.13 bits per heavy atom. The molecular weight excluding hydrogens is 336 g/mol. The highest BCUT2D eigenvalue weighted by molar-refractivity contribution is 6.35. The minimum Gasteiger partial charge on any atom is -0.369 e. The average molecular weight is 348 g/mol. The van der Waals surface area contributed by atoms with E-state index in [9.17, 15) is 4.39 Å². The van der Waals surface area contributed by atoms with Gasteiger partial charge in [-0.05, 0) is 36.8 Å². The molecule has 3 nitrogen and oxygen atoms in total. The van der Waals surface area contributed by atoms with E-state index in [-0.39, 0.29) is 5.82 Å². The Morgan fingerprint density at radius 2 is 1.96 bits per heavy atom. The molecule has 2 aromatic carbocycles. The van der Waals surface area contributed by atoms with Crippen molar-refractivity contribution in [1.82, 2.24) is 9.78 Å². The van der Waals surface area contributed by atoms with Gasteiger partial charge in [-0.15, -0.1) is 0 Å². The zero-order valence-corrected chi connectivity index (χ0v) is 13.5. The van der Waals surface area contributed by atoms with E-state index in [0.717, 1.165) is 35.6 Å². The second-order valence-electron chi connectivity index (χ2n) is 5.34. The Labute approximate surface area is 142 Å². The lowest BCUT2D eigenvalue weighted by atomic mass is 10.1. The zero-order chi connectivity index (χ0) is 16.0. The van der Waals surface area contributed by atoms with E-state index >= 15 is 0 Å². The van der Waals surface area contributed by atoms with Crippen molar-refractivity contribution in [3.05, 3.63) is 63.9 Å². The fourth-order valence-electron chi connectivity index (χ4n) is 2.87. The third-order valence-electron chi connectivity index (χ3n) is 3.92. The third-order valence-corrected chi connectivity index (χ3v) is 4.48. The quantitative estimate of drug-likeness (QED) is 0.710.